The number of ether oxygens (including phenoxy) is 1. The van der Waals surface area contributed by atoms with Crippen LogP contribution in [0.25, 0.3) is 6.08 Å². The Bertz CT molecular complexity index is 560. The lowest BCUT2D eigenvalue weighted by atomic mass is 9.98. The molecule has 0 unspecified atom stereocenters. The number of anilines is 1. The van der Waals surface area contributed by atoms with Crippen LogP contribution in [0.15, 0.2) is 28.2 Å². The van der Waals surface area contributed by atoms with Gasteiger partial charge in [0.25, 0.3) is 0 Å². The maximum Gasteiger partial charge on any atom is 0.333 e. The number of halogens is 1. The predicted molar refractivity (Wildman–Crippen MR) is 95.0 cm³/mol. The molecule has 0 aliphatic carbocycles. The molecule has 1 saturated heterocycles. The van der Waals surface area contributed by atoms with Gasteiger partial charge in [0.15, 0.2) is 0 Å². The van der Waals surface area contributed by atoms with Crippen molar-refractivity contribution in [3.05, 3.63) is 33.8 Å². The standard InChI is InChI=1S/C18H24BrNO2/c1-4-22-18(21)14(3)11-15-12-16(19)5-6-17(15)20-9-7-13(2)8-10-20/h5-6,11-13H,4,7-10H2,1-3H3. The summed E-state index contributed by atoms with van der Waals surface area (Å²) in [5, 5.41) is 0. The third kappa shape index (κ3) is 4.35. The topological polar surface area (TPSA) is 29.5 Å². The lowest BCUT2D eigenvalue weighted by molar-refractivity contribution is -0.138. The summed E-state index contributed by atoms with van der Waals surface area (Å²) in [6, 6.07) is 6.25. The third-order valence-corrected chi connectivity index (χ3v) is 4.58. The Hall–Kier alpha value is -1.29. The normalized spacial score (nSPS) is 16.7. The van der Waals surface area contributed by atoms with Crippen molar-refractivity contribution in [3.63, 3.8) is 0 Å². The summed E-state index contributed by atoms with van der Waals surface area (Å²) in [6.07, 6.45) is 4.36. The molecule has 1 aliphatic rings. The van der Waals surface area contributed by atoms with Crippen LogP contribution in [0.5, 0.6) is 0 Å². The molecule has 3 nitrogen and oxygen atoms in total. The smallest absolute Gasteiger partial charge is 0.333 e. The first-order valence-corrected chi connectivity index (χ1v) is 8.70. The molecular weight excluding hydrogens is 342 g/mol. The molecule has 22 heavy (non-hydrogen) atoms. The van der Waals surface area contributed by atoms with E-state index in [9.17, 15) is 4.79 Å². The minimum atomic E-state index is -0.249. The van der Waals surface area contributed by atoms with Crippen LogP contribution in [0.4, 0.5) is 5.69 Å². The molecule has 1 aromatic carbocycles. The van der Waals surface area contributed by atoms with Gasteiger partial charge >= 0.3 is 5.97 Å². The largest absolute Gasteiger partial charge is 0.463 e. The summed E-state index contributed by atoms with van der Waals surface area (Å²) in [7, 11) is 0. The molecule has 0 radical (unpaired) electrons. The monoisotopic (exact) mass is 365 g/mol. The molecule has 2 rings (SSSR count). The predicted octanol–water partition coefficient (Wildman–Crippen LogP) is 4.65. The van der Waals surface area contributed by atoms with Crippen molar-refractivity contribution < 1.29 is 9.53 Å². The van der Waals surface area contributed by atoms with E-state index in [1.54, 1.807) is 6.92 Å². The van der Waals surface area contributed by atoms with Crippen molar-refractivity contribution >= 4 is 33.7 Å². The molecule has 0 amide bonds. The molecule has 120 valence electrons. The first-order chi connectivity index (χ1) is 10.5. The number of hydrogen-bond donors (Lipinski definition) is 0. The Labute approximate surface area is 141 Å². The minimum absolute atomic E-state index is 0.249. The summed E-state index contributed by atoms with van der Waals surface area (Å²) in [4.78, 5) is 14.3. The summed E-state index contributed by atoms with van der Waals surface area (Å²) in [5.74, 6) is 0.549. The van der Waals surface area contributed by atoms with E-state index >= 15 is 0 Å². The third-order valence-electron chi connectivity index (χ3n) is 4.08. The van der Waals surface area contributed by atoms with E-state index in [0.29, 0.717) is 12.2 Å². The van der Waals surface area contributed by atoms with Gasteiger partial charge in [0.1, 0.15) is 0 Å². The van der Waals surface area contributed by atoms with Crippen molar-refractivity contribution in [2.75, 3.05) is 24.6 Å². The number of carbonyl (C=O) groups excluding carboxylic acids is 1. The van der Waals surface area contributed by atoms with Gasteiger partial charge < -0.3 is 9.64 Å². The maximum absolute atomic E-state index is 11.8. The Balaban J connectivity index is 2.28. The van der Waals surface area contributed by atoms with Gasteiger partial charge in [0.2, 0.25) is 0 Å². The summed E-state index contributed by atoms with van der Waals surface area (Å²) in [6.45, 7) is 8.49. The van der Waals surface area contributed by atoms with Crippen molar-refractivity contribution in [1.29, 1.82) is 0 Å². The van der Waals surface area contributed by atoms with E-state index in [1.165, 1.54) is 18.5 Å². The molecule has 1 heterocycles. The number of piperidine rings is 1. The van der Waals surface area contributed by atoms with Crippen LogP contribution in [0.3, 0.4) is 0 Å². The van der Waals surface area contributed by atoms with Gasteiger partial charge in [-0.2, -0.15) is 0 Å². The molecule has 0 atom stereocenters. The molecule has 1 aliphatic heterocycles. The van der Waals surface area contributed by atoms with Crippen LogP contribution in [-0.4, -0.2) is 25.7 Å². The fourth-order valence-electron chi connectivity index (χ4n) is 2.72. The second-order valence-electron chi connectivity index (χ2n) is 5.92. The molecular formula is C18H24BrNO2. The number of esters is 1. The van der Waals surface area contributed by atoms with Gasteiger partial charge in [-0.15, -0.1) is 0 Å². The van der Waals surface area contributed by atoms with Crippen molar-refractivity contribution in [1.82, 2.24) is 0 Å². The zero-order valence-electron chi connectivity index (χ0n) is 13.6. The second kappa shape index (κ2) is 7.82. The van der Waals surface area contributed by atoms with E-state index < -0.39 is 0 Å². The van der Waals surface area contributed by atoms with Crippen LogP contribution >= 0.6 is 15.9 Å². The molecule has 4 heteroatoms. The fraction of sp³-hybridized carbons (Fsp3) is 0.500. The Morgan fingerprint density at radius 3 is 2.73 bits per heavy atom. The zero-order chi connectivity index (χ0) is 16.1. The quantitative estimate of drug-likeness (QED) is 0.574. The Morgan fingerprint density at radius 2 is 2.09 bits per heavy atom. The van der Waals surface area contributed by atoms with E-state index in [0.717, 1.165) is 29.0 Å². The van der Waals surface area contributed by atoms with Gasteiger partial charge in [-0.05, 0) is 62.4 Å². The number of rotatable bonds is 4. The van der Waals surface area contributed by atoms with Gasteiger partial charge in [0.05, 0.1) is 6.61 Å². The number of nitrogens with zero attached hydrogens (tertiary/aromatic N) is 1. The zero-order valence-corrected chi connectivity index (χ0v) is 15.1. The maximum atomic E-state index is 11.8. The van der Waals surface area contributed by atoms with Crippen LogP contribution in [0.1, 0.15) is 39.2 Å². The van der Waals surface area contributed by atoms with Crippen molar-refractivity contribution in [2.45, 2.75) is 33.6 Å². The van der Waals surface area contributed by atoms with Gasteiger partial charge in [-0.3, -0.25) is 0 Å². The summed E-state index contributed by atoms with van der Waals surface area (Å²) >= 11 is 3.52. The van der Waals surface area contributed by atoms with Gasteiger partial charge in [0, 0.05) is 28.8 Å². The molecule has 0 spiro atoms. The molecule has 0 bridgehead atoms. The number of carbonyl (C=O) groups is 1. The number of hydrogen-bond acceptors (Lipinski definition) is 3. The van der Waals surface area contributed by atoms with Gasteiger partial charge in [-0.25, -0.2) is 4.79 Å². The SMILES string of the molecule is CCOC(=O)C(C)=Cc1cc(Br)ccc1N1CCC(C)CC1. The highest BCUT2D eigenvalue weighted by Gasteiger charge is 2.18. The Morgan fingerprint density at radius 1 is 1.41 bits per heavy atom. The second-order valence-corrected chi connectivity index (χ2v) is 6.84. The molecule has 1 fully saturated rings. The minimum Gasteiger partial charge on any atom is -0.463 e. The van der Waals surface area contributed by atoms with Crippen molar-refractivity contribution in [3.8, 4) is 0 Å². The molecule has 0 N–H and O–H groups in total. The van der Waals surface area contributed by atoms with E-state index in [-0.39, 0.29) is 5.97 Å². The lowest BCUT2D eigenvalue weighted by Crippen LogP contribution is -2.33. The van der Waals surface area contributed by atoms with E-state index in [1.807, 2.05) is 13.0 Å². The first-order valence-electron chi connectivity index (χ1n) is 7.91. The summed E-state index contributed by atoms with van der Waals surface area (Å²) < 4.78 is 6.09. The average Bonchev–Trinajstić information content (AvgIpc) is 2.49. The molecule has 1 aromatic rings. The van der Waals surface area contributed by atoms with E-state index in [4.69, 9.17) is 4.74 Å². The van der Waals surface area contributed by atoms with Crippen molar-refractivity contribution in [2.24, 2.45) is 5.92 Å². The van der Waals surface area contributed by atoms with E-state index in [2.05, 4.69) is 46.0 Å². The molecule has 0 aromatic heterocycles. The molecule has 0 saturated carbocycles. The van der Waals surface area contributed by atoms with Crippen LogP contribution in [0.2, 0.25) is 0 Å². The highest BCUT2D eigenvalue weighted by Crippen LogP contribution is 2.30. The van der Waals surface area contributed by atoms with Crippen LogP contribution < -0.4 is 4.90 Å². The van der Waals surface area contributed by atoms with Gasteiger partial charge in [-0.1, -0.05) is 22.9 Å². The number of benzene rings is 1. The van der Waals surface area contributed by atoms with Crippen LogP contribution in [0, 0.1) is 5.92 Å². The lowest BCUT2D eigenvalue weighted by Gasteiger charge is -2.33. The fourth-order valence-corrected chi connectivity index (χ4v) is 3.09. The highest BCUT2D eigenvalue weighted by molar-refractivity contribution is 9.10. The first kappa shape index (κ1) is 17.1. The summed E-state index contributed by atoms with van der Waals surface area (Å²) in [5.41, 5.74) is 2.89. The highest BCUT2D eigenvalue weighted by atomic mass is 79.9. The Kier molecular flexibility index (Phi) is 6.07. The van der Waals surface area contributed by atoms with Crippen LogP contribution in [-0.2, 0) is 9.53 Å². The average molecular weight is 366 g/mol.